The van der Waals surface area contributed by atoms with Crippen molar-refractivity contribution >= 4 is 38.1 Å². The van der Waals surface area contributed by atoms with Crippen LogP contribution in [0.4, 0.5) is 15.2 Å². The molecule has 0 unspecified atom stereocenters. The van der Waals surface area contributed by atoms with Crippen LogP contribution in [0.2, 0.25) is 0 Å². The van der Waals surface area contributed by atoms with E-state index in [1.807, 2.05) is 6.92 Å². The number of carbonyl (C=O) groups excluding carboxylic acids is 1. The first-order valence-electron chi connectivity index (χ1n) is 10.1. The van der Waals surface area contributed by atoms with Crippen molar-refractivity contribution in [3.05, 3.63) is 71.0 Å². The topological polar surface area (TPSA) is 82.6 Å². The number of hydrogen-bond donors (Lipinski definition) is 1. The molecule has 2 heterocycles. The quantitative estimate of drug-likeness (QED) is 0.589. The number of carbonyl (C=O) groups is 1. The Morgan fingerprint density at radius 2 is 1.88 bits per heavy atom. The summed E-state index contributed by atoms with van der Waals surface area (Å²) in [5.74, 6) is -0.358. The van der Waals surface area contributed by atoms with Crippen molar-refractivity contribution in [3.8, 4) is 0 Å². The minimum Gasteiger partial charge on any atom is -0.368 e. The maximum absolute atomic E-state index is 13.5. The van der Waals surface area contributed by atoms with Gasteiger partial charge in [-0.1, -0.05) is 6.07 Å². The Labute approximate surface area is 192 Å². The molecule has 1 aromatic heterocycles. The molecule has 7 nitrogen and oxygen atoms in total. The van der Waals surface area contributed by atoms with Crippen molar-refractivity contribution in [1.82, 2.24) is 9.88 Å². The summed E-state index contributed by atoms with van der Waals surface area (Å²) in [7, 11) is -3.69. The second kappa shape index (κ2) is 9.25. The third-order valence-electron chi connectivity index (χ3n) is 5.45. The molecule has 1 N–H and O–H groups in total. The smallest absolute Gasteiger partial charge is 0.263 e. The standard InChI is InChI=1S/C22H23FN4O3S2.H2/c1-16-2-3-18(23)14-17(16)15-21(28)27-11-9-26(10-12-27)19-4-6-20(7-5-19)32(29,30)25-22-24-8-13-31-22;/h2-8,13-14H,9-12,15H2,1H3,(H,24,25);1H. The Morgan fingerprint density at radius 3 is 2.53 bits per heavy atom. The molecule has 1 aliphatic rings. The van der Waals surface area contributed by atoms with E-state index in [1.54, 1.807) is 40.6 Å². The van der Waals surface area contributed by atoms with Crippen molar-refractivity contribution in [2.75, 3.05) is 35.8 Å². The molecule has 0 bridgehead atoms. The van der Waals surface area contributed by atoms with E-state index < -0.39 is 10.0 Å². The van der Waals surface area contributed by atoms with Gasteiger partial charge in [-0.15, -0.1) is 11.3 Å². The van der Waals surface area contributed by atoms with Gasteiger partial charge in [0.1, 0.15) is 5.82 Å². The summed E-state index contributed by atoms with van der Waals surface area (Å²) in [6.07, 6.45) is 1.72. The second-order valence-corrected chi connectivity index (χ2v) is 10.1. The van der Waals surface area contributed by atoms with E-state index in [1.165, 1.54) is 29.7 Å². The monoisotopic (exact) mass is 476 g/mol. The number of anilines is 2. The van der Waals surface area contributed by atoms with Gasteiger partial charge in [0.2, 0.25) is 5.91 Å². The van der Waals surface area contributed by atoms with E-state index >= 15 is 0 Å². The van der Waals surface area contributed by atoms with E-state index in [0.717, 1.165) is 11.3 Å². The van der Waals surface area contributed by atoms with E-state index in [-0.39, 0.29) is 24.5 Å². The highest BCUT2D eigenvalue weighted by Crippen LogP contribution is 2.22. The van der Waals surface area contributed by atoms with Crippen LogP contribution in [0.5, 0.6) is 0 Å². The zero-order valence-electron chi connectivity index (χ0n) is 17.5. The minimum absolute atomic E-state index is 0. The molecule has 0 aliphatic carbocycles. The van der Waals surface area contributed by atoms with Crippen molar-refractivity contribution in [2.45, 2.75) is 18.2 Å². The lowest BCUT2D eigenvalue weighted by molar-refractivity contribution is -0.130. The highest BCUT2D eigenvalue weighted by molar-refractivity contribution is 7.93. The fourth-order valence-corrected chi connectivity index (χ4v) is 5.39. The number of aryl methyl sites for hydroxylation is 1. The normalized spacial score (nSPS) is 14.4. The van der Waals surface area contributed by atoms with Crippen LogP contribution < -0.4 is 9.62 Å². The summed E-state index contributed by atoms with van der Waals surface area (Å²) in [5, 5.41) is 2.02. The number of nitrogens with one attached hydrogen (secondary N) is 1. The molecule has 170 valence electrons. The first kappa shape index (κ1) is 22.2. The molecule has 2 aromatic carbocycles. The SMILES string of the molecule is Cc1ccc(F)cc1CC(=O)N1CCN(c2ccc(S(=O)(=O)Nc3nccs3)cc2)CC1.[HH]. The largest absolute Gasteiger partial charge is 0.368 e. The molecule has 0 atom stereocenters. The Hall–Kier alpha value is -2.98. The van der Waals surface area contributed by atoms with Gasteiger partial charge in [0.05, 0.1) is 11.3 Å². The molecule has 0 saturated carbocycles. The highest BCUT2D eigenvalue weighted by Gasteiger charge is 2.23. The predicted molar refractivity (Wildman–Crippen MR) is 125 cm³/mol. The van der Waals surface area contributed by atoms with Crippen LogP contribution in [0.15, 0.2) is 58.9 Å². The van der Waals surface area contributed by atoms with Crippen LogP contribution in [0.1, 0.15) is 12.6 Å². The van der Waals surface area contributed by atoms with E-state index in [9.17, 15) is 17.6 Å². The molecule has 3 aromatic rings. The molecule has 0 radical (unpaired) electrons. The van der Waals surface area contributed by atoms with E-state index in [2.05, 4.69) is 14.6 Å². The molecular formula is C22H25FN4O3S2. The lowest BCUT2D eigenvalue weighted by Gasteiger charge is -2.36. The summed E-state index contributed by atoms with van der Waals surface area (Å²) in [5.41, 5.74) is 2.50. The average molecular weight is 477 g/mol. The molecule has 1 saturated heterocycles. The summed E-state index contributed by atoms with van der Waals surface area (Å²) in [6, 6.07) is 11.2. The molecule has 4 rings (SSSR count). The maximum atomic E-state index is 13.5. The number of nitrogens with zero attached hydrogens (tertiary/aromatic N) is 3. The van der Waals surface area contributed by atoms with Gasteiger partial charge >= 0.3 is 0 Å². The zero-order chi connectivity index (χ0) is 22.7. The van der Waals surface area contributed by atoms with Gasteiger partial charge in [0.15, 0.2) is 5.13 Å². The first-order valence-corrected chi connectivity index (χ1v) is 12.5. The van der Waals surface area contributed by atoms with Crippen molar-refractivity contribution in [3.63, 3.8) is 0 Å². The van der Waals surface area contributed by atoms with E-state index in [4.69, 9.17) is 0 Å². The third kappa shape index (κ3) is 5.08. The first-order chi connectivity index (χ1) is 15.3. The number of halogens is 1. The number of aromatic nitrogens is 1. The predicted octanol–water partition coefficient (Wildman–Crippen LogP) is 3.53. The van der Waals surface area contributed by atoms with Crippen molar-refractivity contribution in [2.24, 2.45) is 0 Å². The molecule has 1 amide bonds. The van der Waals surface area contributed by atoms with Gasteiger partial charge < -0.3 is 9.80 Å². The molecule has 1 aliphatic heterocycles. The Kier molecular flexibility index (Phi) is 6.43. The maximum Gasteiger partial charge on any atom is 0.263 e. The number of sulfonamides is 1. The van der Waals surface area contributed by atoms with Gasteiger partial charge in [-0.3, -0.25) is 9.52 Å². The van der Waals surface area contributed by atoms with Crippen molar-refractivity contribution < 1.29 is 19.0 Å². The lowest BCUT2D eigenvalue weighted by Crippen LogP contribution is -2.49. The van der Waals surface area contributed by atoms with Crippen LogP contribution in [-0.4, -0.2) is 50.4 Å². The summed E-state index contributed by atoms with van der Waals surface area (Å²) < 4.78 is 40.9. The van der Waals surface area contributed by atoms with Crippen LogP contribution in [0.25, 0.3) is 0 Å². The summed E-state index contributed by atoms with van der Waals surface area (Å²) >= 11 is 1.21. The molecule has 0 spiro atoms. The number of benzene rings is 2. The molecule has 1 fully saturated rings. The van der Waals surface area contributed by atoms with Gasteiger partial charge in [-0.25, -0.2) is 17.8 Å². The number of thiazole rings is 1. The number of rotatable bonds is 6. The fourth-order valence-electron chi connectivity index (χ4n) is 3.60. The zero-order valence-corrected chi connectivity index (χ0v) is 19.1. The average Bonchev–Trinajstić information content (AvgIpc) is 3.29. The lowest BCUT2D eigenvalue weighted by atomic mass is 10.0. The van der Waals surface area contributed by atoms with Crippen LogP contribution in [0, 0.1) is 12.7 Å². The van der Waals surface area contributed by atoms with Gasteiger partial charge in [-0.2, -0.15) is 0 Å². The van der Waals surface area contributed by atoms with Gasteiger partial charge in [0, 0.05) is 44.9 Å². The van der Waals surface area contributed by atoms with Gasteiger partial charge in [0.25, 0.3) is 10.0 Å². The molecular weight excluding hydrogens is 451 g/mol. The van der Waals surface area contributed by atoms with Crippen LogP contribution in [-0.2, 0) is 21.2 Å². The summed E-state index contributed by atoms with van der Waals surface area (Å²) in [4.78, 5) is 20.7. The Balaban J connectivity index is 0.00000306. The number of piperazine rings is 1. The Morgan fingerprint density at radius 1 is 1.16 bits per heavy atom. The van der Waals surface area contributed by atoms with E-state index in [0.29, 0.717) is 36.9 Å². The Bertz CT molecular complexity index is 1200. The highest BCUT2D eigenvalue weighted by atomic mass is 32.2. The fraction of sp³-hybridized carbons (Fsp3) is 0.273. The van der Waals surface area contributed by atoms with Crippen LogP contribution >= 0.6 is 11.3 Å². The van der Waals surface area contributed by atoms with Gasteiger partial charge in [-0.05, 0) is 54.4 Å². The molecule has 10 heteroatoms. The number of amides is 1. The number of hydrogen-bond acceptors (Lipinski definition) is 6. The second-order valence-electron chi connectivity index (χ2n) is 7.55. The third-order valence-corrected chi connectivity index (χ3v) is 7.62. The molecule has 32 heavy (non-hydrogen) atoms. The minimum atomic E-state index is -3.69. The van der Waals surface area contributed by atoms with Crippen LogP contribution in [0.3, 0.4) is 0 Å². The van der Waals surface area contributed by atoms with Crippen molar-refractivity contribution in [1.29, 1.82) is 0 Å². The summed E-state index contributed by atoms with van der Waals surface area (Å²) in [6.45, 7) is 4.25.